The first-order valence-corrected chi connectivity index (χ1v) is 5.96. The number of hydrogen-bond acceptors (Lipinski definition) is 7. The van der Waals surface area contributed by atoms with E-state index < -0.39 is 0 Å². The van der Waals surface area contributed by atoms with Gasteiger partial charge in [-0.3, -0.25) is 0 Å². The normalized spacial score (nSPS) is 12.4. The van der Waals surface area contributed by atoms with E-state index in [0.29, 0.717) is 17.8 Å². The molecule has 1 aromatic rings. The maximum Gasteiger partial charge on any atom is 0.231 e. The van der Waals surface area contributed by atoms with E-state index >= 15 is 0 Å². The van der Waals surface area contributed by atoms with Crippen molar-refractivity contribution in [3.8, 4) is 0 Å². The van der Waals surface area contributed by atoms with Crippen molar-refractivity contribution in [2.75, 3.05) is 43.3 Å². The number of aromatic nitrogens is 3. The number of nitrogens with zero attached hydrogens (tertiary/aromatic N) is 4. The van der Waals surface area contributed by atoms with E-state index in [1.54, 1.807) is 11.9 Å². The molecule has 0 aliphatic rings. The molecule has 0 saturated carbocycles. The van der Waals surface area contributed by atoms with Crippen molar-refractivity contribution in [3.63, 3.8) is 0 Å². The minimum Gasteiger partial charge on any atom is -0.394 e. The van der Waals surface area contributed by atoms with Gasteiger partial charge in [0.1, 0.15) is 0 Å². The molecule has 0 aliphatic heterocycles. The Balaban J connectivity index is 2.97. The lowest BCUT2D eigenvalue weighted by Gasteiger charge is -2.21. The molecule has 7 nitrogen and oxygen atoms in total. The van der Waals surface area contributed by atoms with Gasteiger partial charge in [0.15, 0.2) is 0 Å². The number of aliphatic hydroxyl groups excluding tert-OH is 1. The zero-order valence-corrected chi connectivity index (χ0v) is 11.6. The maximum absolute atomic E-state index is 9.30. The van der Waals surface area contributed by atoms with E-state index in [1.807, 2.05) is 27.9 Å². The quantitative estimate of drug-likeness (QED) is 0.677. The SMILES string of the molecule is CNc1nc(N[C@H](CO)C(C)C)nc(N(C)C)n1. The number of hydrogen-bond donors (Lipinski definition) is 3. The molecule has 0 radical (unpaired) electrons. The molecule has 1 heterocycles. The summed E-state index contributed by atoms with van der Waals surface area (Å²) < 4.78 is 0. The second-order valence-electron chi connectivity index (χ2n) is 4.60. The summed E-state index contributed by atoms with van der Waals surface area (Å²) in [5, 5.41) is 15.3. The van der Waals surface area contributed by atoms with Gasteiger partial charge in [-0.2, -0.15) is 15.0 Å². The van der Waals surface area contributed by atoms with Crippen LogP contribution in [0, 0.1) is 5.92 Å². The average Bonchev–Trinajstić information content (AvgIpc) is 2.34. The molecule has 7 heteroatoms. The number of nitrogens with one attached hydrogen (secondary N) is 2. The summed E-state index contributed by atoms with van der Waals surface area (Å²) in [5.41, 5.74) is 0. The lowest BCUT2D eigenvalue weighted by atomic mass is 10.1. The predicted molar refractivity (Wildman–Crippen MR) is 73.0 cm³/mol. The van der Waals surface area contributed by atoms with Crippen LogP contribution in [0.5, 0.6) is 0 Å². The summed E-state index contributed by atoms with van der Waals surface area (Å²) in [4.78, 5) is 14.5. The molecule has 0 spiro atoms. The Morgan fingerprint density at radius 3 is 2.22 bits per heavy atom. The van der Waals surface area contributed by atoms with Gasteiger partial charge in [-0.1, -0.05) is 13.8 Å². The smallest absolute Gasteiger partial charge is 0.231 e. The summed E-state index contributed by atoms with van der Waals surface area (Å²) in [7, 11) is 5.49. The van der Waals surface area contributed by atoms with Gasteiger partial charge in [-0.25, -0.2) is 0 Å². The second-order valence-corrected chi connectivity index (χ2v) is 4.60. The fraction of sp³-hybridized carbons (Fsp3) is 0.727. The van der Waals surface area contributed by atoms with Gasteiger partial charge in [0.2, 0.25) is 17.8 Å². The van der Waals surface area contributed by atoms with Crippen LogP contribution in [0.25, 0.3) is 0 Å². The van der Waals surface area contributed by atoms with Gasteiger partial charge in [-0.05, 0) is 5.92 Å². The zero-order chi connectivity index (χ0) is 13.7. The van der Waals surface area contributed by atoms with E-state index in [4.69, 9.17) is 0 Å². The Labute approximate surface area is 108 Å². The van der Waals surface area contributed by atoms with Gasteiger partial charge in [0.05, 0.1) is 12.6 Å². The van der Waals surface area contributed by atoms with E-state index in [2.05, 4.69) is 25.6 Å². The summed E-state index contributed by atoms with van der Waals surface area (Å²) >= 11 is 0. The fourth-order valence-corrected chi connectivity index (χ4v) is 1.33. The molecule has 102 valence electrons. The van der Waals surface area contributed by atoms with Crippen LogP contribution < -0.4 is 15.5 Å². The van der Waals surface area contributed by atoms with Crippen LogP contribution in [0.15, 0.2) is 0 Å². The Morgan fingerprint density at radius 1 is 1.17 bits per heavy atom. The summed E-state index contributed by atoms with van der Waals surface area (Å²) in [6.45, 7) is 4.09. The largest absolute Gasteiger partial charge is 0.394 e. The van der Waals surface area contributed by atoms with Crippen molar-refractivity contribution in [1.29, 1.82) is 0 Å². The third kappa shape index (κ3) is 3.69. The van der Waals surface area contributed by atoms with Crippen LogP contribution >= 0.6 is 0 Å². The van der Waals surface area contributed by atoms with Crippen molar-refractivity contribution >= 4 is 17.8 Å². The van der Waals surface area contributed by atoms with E-state index in [0.717, 1.165) is 0 Å². The van der Waals surface area contributed by atoms with E-state index in [-0.39, 0.29) is 18.6 Å². The Kier molecular flexibility index (Phi) is 5.08. The molecule has 1 atom stereocenters. The average molecular weight is 254 g/mol. The topological polar surface area (TPSA) is 86.2 Å². The summed E-state index contributed by atoms with van der Waals surface area (Å²) in [5.74, 6) is 1.81. The standard InChI is InChI=1S/C11H22N6O/c1-7(2)8(6-18)13-10-14-9(12-3)15-11(16-10)17(4)5/h7-8,18H,6H2,1-5H3,(H2,12,13,14,15,16)/t8-/m1/s1. The first-order chi connectivity index (χ1) is 8.47. The van der Waals surface area contributed by atoms with Crippen molar-refractivity contribution < 1.29 is 5.11 Å². The highest BCUT2D eigenvalue weighted by atomic mass is 16.3. The van der Waals surface area contributed by atoms with Gasteiger partial charge >= 0.3 is 0 Å². The summed E-state index contributed by atoms with van der Waals surface area (Å²) in [6, 6.07) is -0.0767. The highest BCUT2D eigenvalue weighted by molar-refractivity contribution is 5.43. The highest BCUT2D eigenvalue weighted by Gasteiger charge is 2.15. The third-order valence-corrected chi connectivity index (χ3v) is 2.56. The molecule has 3 N–H and O–H groups in total. The van der Waals surface area contributed by atoms with Crippen molar-refractivity contribution in [3.05, 3.63) is 0 Å². The van der Waals surface area contributed by atoms with Gasteiger partial charge in [-0.15, -0.1) is 0 Å². The third-order valence-electron chi connectivity index (χ3n) is 2.56. The number of aliphatic hydroxyl groups is 1. The lowest BCUT2D eigenvalue weighted by Crippen LogP contribution is -2.31. The minimum absolute atomic E-state index is 0.0372. The van der Waals surface area contributed by atoms with Crippen molar-refractivity contribution in [2.45, 2.75) is 19.9 Å². The Morgan fingerprint density at radius 2 is 1.78 bits per heavy atom. The molecule has 0 fully saturated rings. The molecule has 0 saturated heterocycles. The van der Waals surface area contributed by atoms with Crippen LogP contribution in [0.1, 0.15) is 13.8 Å². The molecule has 1 rings (SSSR count). The second kappa shape index (κ2) is 6.34. The zero-order valence-electron chi connectivity index (χ0n) is 11.6. The molecule has 0 aromatic carbocycles. The first kappa shape index (κ1) is 14.4. The lowest BCUT2D eigenvalue weighted by molar-refractivity contribution is 0.248. The van der Waals surface area contributed by atoms with Crippen LogP contribution in [0.4, 0.5) is 17.8 Å². The molecule has 0 bridgehead atoms. The Bertz CT molecular complexity index is 382. The van der Waals surface area contributed by atoms with Crippen LogP contribution in [0.2, 0.25) is 0 Å². The van der Waals surface area contributed by atoms with Gasteiger partial charge in [0.25, 0.3) is 0 Å². The number of rotatable bonds is 6. The molecule has 0 amide bonds. The maximum atomic E-state index is 9.30. The van der Waals surface area contributed by atoms with E-state index in [9.17, 15) is 5.11 Å². The van der Waals surface area contributed by atoms with Gasteiger partial charge in [0, 0.05) is 21.1 Å². The molecule has 0 aliphatic carbocycles. The molecule has 1 aromatic heterocycles. The van der Waals surface area contributed by atoms with Crippen molar-refractivity contribution in [2.24, 2.45) is 5.92 Å². The molecular weight excluding hydrogens is 232 g/mol. The number of anilines is 3. The van der Waals surface area contributed by atoms with Crippen molar-refractivity contribution in [1.82, 2.24) is 15.0 Å². The van der Waals surface area contributed by atoms with Crippen LogP contribution in [0.3, 0.4) is 0 Å². The predicted octanol–water partition coefficient (Wildman–Crippen LogP) is 0.408. The van der Waals surface area contributed by atoms with E-state index in [1.165, 1.54) is 0 Å². The molecule has 18 heavy (non-hydrogen) atoms. The molecule has 0 unspecified atom stereocenters. The van der Waals surface area contributed by atoms with Crippen LogP contribution in [-0.2, 0) is 0 Å². The summed E-state index contributed by atoms with van der Waals surface area (Å²) in [6.07, 6.45) is 0. The highest BCUT2D eigenvalue weighted by Crippen LogP contribution is 2.13. The van der Waals surface area contributed by atoms with Gasteiger partial charge < -0.3 is 20.6 Å². The Hall–Kier alpha value is -1.63. The van der Waals surface area contributed by atoms with Crippen LogP contribution in [-0.4, -0.2) is 53.9 Å². The monoisotopic (exact) mass is 254 g/mol. The molecular formula is C11H22N6O. The first-order valence-electron chi connectivity index (χ1n) is 5.96. The fourth-order valence-electron chi connectivity index (χ4n) is 1.33. The minimum atomic E-state index is -0.0767.